The number of halogens is 1. The van der Waals surface area contributed by atoms with Crippen molar-refractivity contribution in [1.29, 1.82) is 0 Å². The summed E-state index contributed by atoms with van der Waals surface area (Å²) in [6, 6.07) is 2.89. The normalized spacial score (nSPS) is 22.5. The zero-order valence-corrected chi connectivity index (χ0v) is 9.82. The summed E-state index contributed by atoms with van der Waals surface area (Å²) in [7, 11) is 1.42. The third-order valence-electron chi connectivity index (χ3n) is 2.75. The maximum absolute atomic E-state index is 11.2. The highest BCUT2D eigenvalue weighted by Crippen LogP contribution is 2.44. The van der Waals surface area contributed by atoms with E-state index in [1.807, 2.05) is 0 Å². The van der Waals surface area contributed by atoms with E-state index >= 15 is 0 Å². The molecule has 2 rings (SSSR count). The first-order valence-corrected chi connectivity index (χ1v) is 5.33. The number of aliphatic hydroxyl groups is 1. The van der Waals surface area contributed by atoms with Crippen molar-refractivity contribution < 1.29 is 24.5 Å². The van der Waals surface area contributed by atoms with Crippen molar-refractivity contribution in [3.05, 3.63) is 22.7 Å². The molecule has 0 amide bonds. The van der Waals surface area contributed by atoms with Crippen LogP contribution in [0.4, 0.5) is 0 Å². The molecule has 1 aromatic carbocycles. The summed E-state index contributed by atoms with van der Waals surface area (Å²) in [6.07, 6.45) is -0.0289. The van der Waals surface area contributed by atoms with Crippen LogP contribution in [0.1, 0.15) is 12.0 Å². The van der Waals surface area contributed by atoms with Crippen LogP contribution in [0.2, 0.25) is 5.02 Å². The Hall–Kier alpha value is -1.46. The van der Waals surface area contributed by atoms with Crippen molar-refractivity contribution in [1.82, 2.24) is 0 Å². The van der Waals surface area contributed by atoms with Crippen LogP contribution in [0.5, 0.6) is 11.5 Å². The van der Waals surface area contributed by atoms with Gasteiger partial charge in [0.05, 0.1) is 13.7 Å². The van der Waals surface area contributed by atoms with Crippen molar-refractivity contribution in [3.8, 4) is 11.5 Å². The lowest BCUT2D eigenvalue weighted by Crippen LogP contribution is -2.40. The largest absolute Gasteiger partial charge is 0.493 e. The Morgan fingerprint density at radius 1 is 1.59 bits per heavy atom. The van der Waals surface area contributed by atoms with Gasteiger partial charge in [0, 0.05) is 23.1 Å². The Bertz CT molecular complexity index is 473. The van der Waals surface area contributed by atoms with E-state index in [4.69, 9.17) is 26.2 Å². The molecule has 0 spiro atoms. The van der Waals surface area contributed by atoms with E-state index in [0.29, 0.717) is 5.75 Å². The number of ether oxygens (including phenoxy) is 2. The maximum atomic E-state index is 11.2. The molecule has 17 heavy (non-hydrogen) atoms. The molecule has 6 heteroatoms. The van der Waals surface area contributed by atoms with E-state index in [1.54, 1.807) is 0 Å². The van der Waals surface area contributed by atoms with Gasteiger partial charge in [-0.05, 0) is 6.07 Å². The van der Waals surface area contributed by atoms with Crippen LogP contribution >= 0.6 is 11.6 Å². The molecule has 1 aromatic rings. The van der Waals surface area contributed by atoms with E-state index < -0.39 is 11.6 Å². The fourth-order valence-corrected chi connectivity index (χ4v) is 2.04. The minimum atomic E-state index is -1.98. The first-order valence-electron chi connectivity index (χ1n) is 4.95. The summed E-state index contributed by atoms with van der Waals surface area (Å²) in [5.41, 5.74) is -1.85. The predicted molar refractivity (Wildman–Crippen MR) is 59.6 cm³/mol. The van der Waals surface area contributed by atoms with Crippen LogP contribution in [0.3, 0.4) is 0 Å². The second-order valence-corrected chi connectivity index (χ2v) is 4.19. The van der Waals surface area contributed by atoms with E-state index in [1.165, 1.54) is 19.2 Å². The lowest BCUT2D eigenvalue weighted by Gasteiger charge is -2.31. The number of rotatable bonds is 2. The number of methoxy groups -OCH3 is 1. The molecular weight excluding hydrogens is 248 g/mol. The molecule has 5 nitrogen and oxygen atoms in total. The van der Waals surface area contributed by atoms with E-state index in [-0.39, 0.29) is 29.4 Å². The maximum Gasteiger partial charge on any atom is 0.340 e. The average Bonchev–Trinajstić information content (AvgIpc) is 2.29. The highest BCUT2D eigenvalue weighted by molar-refractivity contribution is 6.31. The zero-order chi connectivity index (χ0) is 12.6. The first-order chi connectivity index (χ1) is 7.99. The molecule has 2 N–H and O–H groups in total. The third kappa shape index (κ3) is 1.81. The number of benzene rings is 1. The van der Waals surface area contributed by atoms with E-state index in [2.05, 4.69) is 0 Å². The molecule has 0 unspecified atom stereocenters. The number of hydrogen-bond acceptors (Lipinski definition) is 4. The van der Waals surface area contributed by atoms with Crippen LogP contribution in [0.25, 0.3) is 0 Å². The predicted octanol–water partition coefficient (Wildman–Crippen LogP) is 1.40. The lowest BCUT2D eigenvalue weighted by atomic mass is 9.88. The molecule has 0 saturated carbocycles. The summed E-state index contributed by atoms with van der Waals surface area (Å²) in [5.74, 6) is -0.786. The highest BCUT2D eigenvalue weighted by Gasteiger charge is 2.44. The summed E-state index contributed by atoms with van der Waals surface area (Å²) in [5, 5.41) is 19.5. The van der Waals surface area contributed by atoms with Crippen LogP contribution in [0, 0.1) is 0 Å². The average molecular weight is 259 g/mol. The molecule has 1 atom stereocenters. The third-order valence-corrected chi connectivity index (χ3v) is 2.97. The molecule has 0 aromatic heterocycles. The van der Waals surface area contributed by atoms with E-state index in [9.17, 15) is 9.90 Å². The molecule has 1 heterocycles. The Balaban J connectivity index is 2.66. The molecule has 0 aliphatic carbocycles. The van der Waals surface area contributed by atoms with Gasteiger partial charge in [0.2, 0.25) is 0 Å². The van der Waals surface area contributed by atoms with Crippen LogP contribution in [0.15, 0.2) is 12.1 Å². The molecule has 1 aliphatic heterocycles. The summed E-state index contributed by atoms with van der Waals surface area (Å²) in [4.78, 5) is 11.2. The molecule has 92 valence electrons. The standard InChI is InChI=1S/C11H11ClO5/c1-16-8-5-6(12)4-7-9(8)17-3-2-11(7,15)10(13)14/h4-5,15H,2-3H2,1H3,(H,13,14)/t11-/m1/s1. The van der Waals surface area contributed by atoms with Gasteiger partial charge >= 0.3 is 5.97 Å². The smallest absolute Gasteiger partial charge is 0.340 e. The molecular formula is C11H11ClO5. The molecule has 0 saturated heterocycles. The van der Waals surface area contributed by atoms with Crippen LogP contribution in [-0.4, -0.2) is 29.9 Å². The molecule has 1 aliphatic rings. The van der Waals surface area contributed by atoms with Crippen molar-refractivity contribution in [3.63, 3.8) is 0 Å². The fraction of sp³-hybridized carbons (Fsp3) is 0.364. The quantitative estimate of drug-likeness (QED) is 0.839. The summed E-state index contributed by atoms with van der Waals surface area (Å²) >= 11 is 5.85. The second-order valence-electron chi connectivity index (χ2n) is 3.75. The van der Waals surface area contributed by atoms with E-state index in [0.717, 1.165) is 0 Å². The number of hydrogen-bond donors (Lipinski definition) is 2. The van der Waals surface area contributed by atoms with Gasteiger partial charge in [-0.15, -0.1) is 0 Å². The van der Waals surface area contributed by atoms with Gasteiger partial charge in [0.1, 0.15) is 0 Å². The monoisotopic (exact) mass is 258 g/mol. The van der Waals surface area contributed by atoms with Gasteiger partial charge < -0.3 is 19.7 Å². The highest BCUT2D eigenvalue weighted by atomic mass is 35.5. The molecule has 0 radical (unpaired) electrons. The Kier molecular flexibility index (Phi) is 2.89. The minimum absolute atomic E-state index is 0.0289. The van der Waals surface area contributed by atoms with Gasteiger partial charge in [-0.25, -0.2) is 4.79 Å². The SMILES string of the molecule is COc1cc(Cl)cc2c1OCC[C@]2(O)C(=O)O. The Morgan fingerprint density at radius 2 is 2.29 bits per heavy atom. The Morgan fingerprint density at radius 3 is 2.88 bits per heavy atom. The van der Waals surface area contributed by atoms with Gasteiger partial charge in [-0.1, -0.05) is 11.6 Å². The van der Waals surface area contributed by atoms with Crippen molar-refractivity contribution in [2.24, 2.45) is 0 Å². The van der Waals surface area contributed by atoms with Gasteiger partial charge in [-0.2, -0.15) is 0 Å². The number of carboxylic acid groups (broad SMARTS) is 1. The first kappa shape index (κ1) is 12.0. The zero-order valence-electron chi connectivity index (χ0n) is 9.07. The second kappa shape index (κ2) is 4.09. The van der Waals surface area contributed by atoms with Crippen LogP contribution < -0.4 is 9.47 Å². The van der Waals surface area contributed by atoms with Crippen molar-refractivity contribution in [2.75, 3.05) is 13.7 Å². The minimum Gasteiger partial charge on any atom is -0.493 e. The summed E-state index contributed by atoms with van der Waals surface area (Å²) in [6.45, 7) is 0.105. The van der Waals surface area contributed by atoms with Gasteiger partial charge in [0.15, 0.2) is 17.1 Å². The number of carbonyl (C=O) groups is 1. The Labute approximate surface area is 103 Å². The van der Waals surface area contributed by atoms with Gasteiger partial charge in [-0.3, -0.25) is 0 Å². The number of aliphatic carboxylic acids is 1. The lowest BCUT2D eigenvalue weighted by molar-refractivity contribution is -0.162. The topological polar surface area (TPSA) is 76.0 Å². The summed E-state index contributed by atoms with van der Waals surface area (Å²) < 4.78 is 10.4. The van der Waals surface area contributed by atoms with Gasteiger partial charge in [0.25, 0.3) is 0 Å². The van der Waals surface area contributed by atoms with Crippen LogP contribution in [-0.2, 0) is 10.4 Å². The van der Waals surface area contributed by atoms with Crippen molar-refractivity contribution >= 4 is 17.6 Å². The number of carboxylic acids is 1. The molecule has 0 bridgehead atoms. The molecule has 0 fully saturated rings. The fourth-order valence-electron chi connectivity index (χ4n) is 1.83. The number of fused-ring (bicyclic) bond motifs is 1. The van der Waals surface area contributed by atoms with Crippen molar-refractivity contribution in [2.45, 2.75) is 12.0 Å².